The molecule has 0 aliphatic carbocycles. The highest BCUT2D eigenvalue weighted by molar-refractivity contribution is 5.71. The lowest BCUT2D eigenvalue weighted by atomic mass is 9.75. The molecule has 13 heavy (non-hydrogen) atoms. The van der Waals surface area contributed by atoms with Gasteiger partial charge in [0.2, 0.25) is 0 Å². The van der Waals surface area contributed by atoms with Crippen molar-refractivity contribution in [3.8, 4) is 0 Å². The highest BCUT2D eigenvalue weighted by atomic mass is 16.4. The summed E-state index contributed by atoms with van der Waals surface area (Å²) >= 11 is 0. The number of carboxylic acid groups (broad SMARTS) is 1. The largest absolute Gasteiger partial charge is 0.481 e. The van der Waals surface area contributed by atoms with Crippen molar-refractivity contribution in [2.24, 2.45) is 23.0 Å². The maximum atomic E-state index is 10.9. The summed E-state index contributed by atoms with van der Waals surface area (Å²) in [6.45, 7) is 9.69. The molecular formula is C10H21NO2. The van der Waals surface area contributed by atoms with E-state index in [4.69, 9.17) is 10.8 Å². The monoisotopic (exact) mass is 187 g/mol. The summed E-state index contributed by atoms with van der Waals surface area (Å²) in [5, 5.41) is 9.00. The first kappa shape index (κ1) is 12.4. The quantitative estimate of drug-likeness (QED) is 0.707. The predicted octanol–water partition coefficient (Wildman–Crippen LogP) is 1.72. The van der Waals surface area contributed by atoms with Crippen molar-refractivity contribution >= 4 is 5.97 Å². The molecule has 0 aromatic heterocycles. The van der Waals surface area contributed by atoms with E-state index < -0.39 is 11.9 Å². The van der Waals surface area contributed by atoms with E-state index in [0.717, 1.165) is 0 Å². The average Bonchev–Trinajstić information content (AvgIpc) is 1.82. The fraction of sp³-hybridized carbons (Fsp3) is 0.900. The van der Waals surface area contributed by atoms with E-state index in [0.29, 0.717) is 0 Å². The van der Waals surface area contributed by atoms with Gasteiger partial charge in [-0.1, -0.05) is 34.6 Å². The first-order chi connectivity index (χ1) is 5.68. The van der Waals surface area contributed by atoms with Crippen LogP contribution in [0.2, 0.25) is 0 Å². The maximum absolute atomic E-state index is 10.9. The lowest BCUT2D eigenvalue weighted by Crippen LogP contribution is -2.47. The second kappa shape index (κ2) is 4.09. The van der Waals surface area contributed by atoms with Gasteiger partial charge in [0, 0.05) is 6.04 Å². The number of carbonyl (C=O) groups is 1. The van der Waals surface area contributed by atoms with Gasteiger partial charge in [0.15, 0.2) is 0 Å². The van der Waals surface area contributed by atoms with E-state index in [-0.39, 0.29) is 17.4 Å². The fourth-order valence-corrected chi connectivity index (χ4v) is 1.39. The molecule has 0 aliphatic rings. The van der Waals surface area contributed by atoms with Crippen molar-refractivity contribution in [1.29, 1.82) is 0 Å². The fourth-order valence-electron chi connectivity index (χ4n) is 1.39. The normalized spacial score (nSPS) is 17.2. The molecule has 3 heteroatoms. The summed E-state index contributed by atoms with van der Waals surface area (Å²) in [4.78, 5) is 10.9. The van der Waals surface area contributed by atoms with Gasteiger partial charge >= 0.3 is 5.97 Å². The van der Waals surface area contributed by atoms with E-state index in [9.17, 15) is 4.79 Å². The number of aliphatic carboxylic acids is 1. The third-order valence-electron chi connectivity index (χ3n) is 2.39. The number of nitrogens with two attached hydrogens (primary N) is 1. The van der Waals surface area contributed by atoms with Gasteiger partial charge in [-0.2, -0.15) is 0 Å². The van der Waals surface area contributed by atoms with Crippen LogP contribution in [0.3, 0.4) is 0 Å². The Labute approximate surface area is 80.3 Å². The SMILES string of the molecule is CC(C)C(C(=O)O)C(N)C(C)(C)C. The standard InChI is InChI=1S/C10H21NO2/c1-6(2)7(9(12)13)8(11)10(3,4)5/h6-8H,11H2,1-5H3,(H,12,13). The van der Waals surface area contributed by atoms with E-state index in [1.54, 1.807) is 0 Å². The molecule has 0 aromatic carbocycles. The zero-order valence-corrected chi connectivity index (χ0v) is 9.16. The third-order valence-corrected chi connectivity index (χ3v) is 2.39. The Kier molecular flexibility index (Phi) is 3.91. The summed E-state index contributed by atoms with van der Waals surface area (Å²) in [5.41, 5.74) is 5.76. The molecule has 0 aromatic rings. The molecule has 0 rings (SSSR count). The van der Waals surface area contributed by atoms with Gasteiger partial charge in [-0.25, -0.2) is 0 Å². The van der Waals surface area contributed by atoms with E-state index >= 15 is 0 Å². The Morgan fingerprint density at radius 2 is 1.69 bits per heavy atom. The molecule has 0 heterocycles. The van der Waals surface area contributed by atoms with Gasteiger partial charge in [-0.3, -0.25) is 4.79 Å². The maximum Gasteiger partial charge on any atom is 0.308 e. The van der Waals surface area contributed by atoms with Crippen LogP contribution in [0.4, 0.5) is 0 Å². The molecule has 0 radical (unpaired) electrons. The molecule has 0 fully saturated rings. The second-order valence-corrected chi connectivity index (χ2v) is 5.00. The van der Waals surface area contributed by atoms with Gasteiger partial charge < -0.3 is 10.8 Å². The number of rotatable bonds is 3. The Bertz CT molecular complexity index is 182. The second-order valence-electron chi connectivity index (χ2n) is 5.00. The first-order valence-corrected chi connectivity index (χ1v) is 4.66. The van der Waals surface area contributed by atoms with Crippen molar-refractivity contribution in [3.63, 3.8) is 0 Å². The zero-order valence-electron chi connectivity index (χ0n) is 9.16. The average molecular weight is 187 g/mol. The van der Waals surface area contributed by atoms with Crippen molar-refractivity contribution in [2.45, 2.75) is 40.7 Å². The van der Waals surface area contributed by atoms with Crippen LogP contribution in [0, 0.1) is 17.3 Å². The molecule has 0 saturated heterocycles. The summed E-state index contributed by atoms with van der Waals surface area (Å²) in [6.07, 6.45) is 0. The van der Waals surface area contributed by atoms with Crippen LogP contribution in [0.1, 0.15) is 34.6 Å². The molecule has 78 valence electrons. The van der Waals surface area contributed by atoms with Crippen LogP contribution in [-0.2, 0) is 4.79 Å². The van der Waals surface area contributed by atoms with Crippen LogP contribution in [0.25, 0.3) is 0 Å². The third kappa shape index (κ3) is 3.35. The van der Waals surface area contributed by atoms with Gasteiger partial charge in [0.1, 0.15) is 0 Å². The topological polar surface area (TPSA) is 63.3 Å². The number of hydrogen-bond donors (Lipinski definition) is 2. The highest BCUT2D eigenvalue weighted by Gasteiger charge is 2.35. The Morgan fingerprint density at radius 3 is 1.77 bits per heavy atom. The lowest BCUT2D eigenvalue weighted by Gasteiger charge is -2.33. The number of carboxylic acids is 1. The molecule has 0 bridgehead atoms. The van der Waals surface area contributed by atoms with Crippen LogP contribution in [0.15, 0.2) is 0 Å². The summed E-state index contributed by atoms with van der Waals surface area (Å²) < 4.78 is 0. The predicted molar refractivity (Wildman–Crippen MR) is 53.4 cm³/mol. The summed E-state index contributed by atoms with van der Waals surface area (Å²) in [6, 6.07) is -0.301. The van der Waals surface area contributed by atoms with Crippen LogP contribution in [-0.4, -0.2) is 17.1 Å². The van der Waals surface area contributed by atoms with Gasteiger partial charge in [-0.05, 0) is 11.3 Å². The van der Waals surface area contributed by atoms with E-state index in [2.05, 4.69) is 0 Å². The van der Waals surface area contributed by atoms with Gasteiger partial charge in [0.05, 0.1) is 5.92 Å². The van der Waals surface area contributed by atoms with Crippen molar-refractivity contribution in [2.75, 3.05) is 0 Å². The van der Waals surface area contributed by atoms with Gasteiger partial charge in [-0.15, -0.1) is 0 Å². The van der Waals surface area contributed by atoms with Gasteiger partial charge in [0.25, 0.3) is 0 Å². The Balaban J connectivity index is 4.67. The molecular weight excluding hydrogens is 166 g/mol. The smallest absolute Gasteiger partial charge is 0.308 e. The molecule has 2 unspecified atom stereocenters. The summed E-state index contributed by atoms with van der Waals surface area (Å²) in [5.74, 6) is -1.18. The van der Waals surface area contributed by atoms with E-state index in [1.165, 1.54) is 0 Å². The van der Waals surface area contributed by atoms with Crippen LogP contribution in [0.5, 0.6) is 0 Å². The Morgan fingerprint density at radius 1 is 1.31 bits per heavy atom. The van der Waals surface area contributed by atoms with Crippen molar-refractivity contribution < 1.29 is 9.90 Å². The zero-order chi connectivity index (χ0) is 10.8. The Hall–Kier alpha value is -0.570. The lowest BCUT2D eigenvalue weighted by molar-refractivity contribution is -0.145. The minimum atomic E-state index is -0.794. The van der Waals surface area contributed by atoms with E-state index in [1.807, 2.05) is 34.6 Å². The molecule has 0 amide bonds. The number of hydrogen-bond acceptors (Lipinski definition) is 2. The molecule has 2 atom stereocenters. The van der Waals surface area contributed by atoms with Crippen molar-refractivity contribution in [1.82, 2.24) is 0 Å². The minimum Gasteiger partial charge on any atom is -0.481 e. The minimum absolute atomic E-state index is 0.0757. The molecule has 3 nitrogen and oxygen atoms in total. The molecule has 0 aliphatic heterocycles. The summed E-state index contributed by atoms with van der Waals surface area (Å²) in [7, 11) is 0. The molecule has 0 saturated carbocycles. The van der Waals surface area contributed by atoms with Crippen molar-refractivity contribution in [3.05, 3.63) is 0 Å². The first-order valence-electron chi connectivity index (χ1n) is 4.66. The molecule has 3 N–H and O–H groups in total. The highest BCUT2D eigenvalue weighted by Crippen LogP contribution is 2.27. The van der Waals surface area contributed by atoms with Crippen LogP contribution >= 0.6 is 0 Å². The molecule has 0 spiro atoms. The van der Waals surface area contributed by atoms with Crippen LogP contribution < -0.4 is 5.73 Å².